The monoisotopic (exact) mass is 281 g/mol. The summed E-state index contributed by atoms with van der Waals surface area (Å²) >= 11 is 11.5. The van der Waals surface area contributed by atoms with Gasteiger partial charge in [0.05, 0.1) is 5.69 Å². The van der Waals surface area contributed by atoms with Crippen LogP contribution in [-0.4, -0.2) is 21.8 Å². The van der Waals surface area contributed by atoms with Gasteiger partial charge in [0.2, 0.25) is 11.9 Å². The highest BCUT2D eigenvalue weighted by Crippen LogP contribution is 2.25. The lowest BCUT2D eigenvalue weighted by Gasteiger charge is -2.05. The predicted molar refractivity (Wildman–Crippen MR) is 71.8 cm³/mol. The van der Waals surface area contributed by atoms with Crippen LogP contribution in [0.5, 0.6) is 0 Å². The number of aromatic nitrogens is 2. The summed E-state index contributed by atoms with van der Waals surface area (Å²) in [5.41, 5.74) is 1.42. The first-order valence-electron chi connectivity index (χ1n) is 5.14. The van der Waals surface area contributed by atoms with Crippen LogP contribution in [0.25, 0.3) is 11.3 Å². The Kier molecular flexibility index (Phi) is 4.12. The molecule has 1 aromatic heterocycles. The number of rotatable bonds is 3. The number of nitrogens with zero attached hydrogens (tertiary/aromatic N) is 2. The summed E-state index contributed by atoms with van der Waals surface area (Å²) in [5, 5.41) is 3.07. The van der Waals surface area contributed by atoms with E-state index >= 15 is 0 Å². The van der Waals surface area contributed by atoms with Crippen molar-refractivity contribution in [3.8, 4) is 11.3 Å². The minimum Gasteiger partial charge on any atom is -0.293 e. The van der Waals surface area contributed by atoms with Crippen LogP contribution in [0, 0.1) is 0 Å². The Morgan fingerprint density at radius 3 is 2.78 bits per heavy atom. The highest BCUT2D eigenvalue weighted by molar-refractivity contribution is 6.33. The first-order chi connectivity index (χ1) is 8.70. The Balaban J connectivity index is 2.33. The van der Waals surface area contributed by atoms with E-state index in [0.717, 1.165) is 5.56 Å². The lowest BCUT2D eigenvalue weighted by molar-refractivity contribution is -0.114. The molecule has 92 valence electrons. The van der Waals surface area contributed by atoms with Crippen molar-refractivity contribution in [3.63, 3.8) is 0 Å². The highest BCUT2D eigenvalue weighted by atomic mass is 35.5. The van der Waals surface area contributed by atoms with Crippen LogP contribution >= 0.6 is 23.2 Å². The van der Waals surface area contributed by atoms with Crippen molar-refractivity contribution in [2.75, 3.05) is 11.2 Å². The lowest BCUT2D eigenvalue weighted by atomic mass is 10.1. The molecule has 0 saturated heterocycles. The zero-order valence-corrected chi connectivity index (χ0v) is 10.7. The number of alkyl halides is 1. The molecule has 0 aliphatic rings. The van der Waals surface area contributed by atoms with Crippen molar-refractivity contribution >= 4 is 35.1 Å². The molecule has 1 N–H and O–H groups in total. The van der Waals surface area contributed by atoms with E-state index in [9.17, 15) is 4.79 Å². The molecule has 0 aliphatic carbocycles. The number of carbonyl (C=O) groups excluding carboxylic acids is 1. The normalized spacial score (nSPS) is 10.1. The standard InChI is InChI=1S/C12H9Cl2N3O/c13-7-11(18)17-12-15-6-5-10(16-12)8-3-1-2-4-9(8)14/h1-6H,7H2,(H,15,16,17,18). The molecule has 0 unspecified atom stereocenters. The summed E-state index contributed by atoms with van der Waals surface area (Å²) in [6, 6.07) is 9.04. The third kappa shape index (κ3) is 2.97. The summed E-state index contributed by atoms with van der Waals surface area (Å²) in [4.78, 5) is 19.3. The number of amides is 1. The van der Waals surface area contributed by atoms with E-state index in [1.807, 2.05) is 18.2 Å². The van der Waals surface area contributed by atoms with Crippen LogP contribution in [0.1, 0.15) is 0 Å². The van der Waals surface area contributed by atoms with Gasteiger partial charge in [-0.25, -0.2) is 9.97 Å². The second-order valence-electron chi connectivity index (χ2n) is 3.43. The number of hydrogen-bond donors (Lipinski definition) is 1. The van der Waals surface area contributed by atoms with E-state index in [2.05, 4.69) is 15.3 Å². The third-order valence-corrected chi connectivity index (χ3v) is 2.75. The fourth-order valence-corrected chi connectivity index (χ4v) is 1.70. The fourth-order valence-electron chi connectivity index (χ4n) is 1.40. The first-order valence-corrected chi connectivity index (χ1v) is 6.05. The Morgan fingerprint density at radius 1 is 1.28 bits per heavy atom. The van der Waals surface area contributed by atoms with Gasteiger partial charge in [0, 0.05) is 16.8 Å². The number of nitrogens with one attached hydrogen (secondary N) is 1. The van der Waals surface area contributed by atoms with Gasteiger partial charge in [-0.15, -0.1) is 11.6 Å². The van der Waals surface area contributed by atoms with E-state index in [0.29, 0.717) is 10.7 Å². The van der Waals surface area contributed by atoms with E-state index in [1.54, 1.807) is 18.3 Å². The zero-order chi connectivity index (χ0) is 13.0. The molecule has 0 fully saturated rings. The maximum atomic E-state index is 11.1. The molecular formula is C12H9Cl2N3O. The van der Waals surface area contributed by atoms with Gasteiger partial charge < -0.3 is 0 Å². The maximum absolute atomic E-state index is 11.1. The minimum atomic E-state index is -0.354. The van der Waals surface area contributed by atoms with E-state index in [4.69, 9.17) is 23.2 Å². The van der Waals surface area contributed by atoms with Crippen molar-refractivity contribution in [3.05, 3.63) is 41.6 Å². The molecule has 1 aromatic carbocycles. The Hall–Kier alpha value is -1.65. The number of hydrogen-bond acceptors (Lipinski definition) is 3. The number of halogens is 2. The van der Waals surface area contributed by atoms with E-state index in [1.165, 1.54) is 0 Å². The van der Waals surface area contributed by atoms with Gasteiger partial charge in [0.15, 0.2) is 0 Å². The lowest BCUT2D eigenvalue weighted by Crippen LogP contribution is -2.14. The number of anilines is 1. The third-order valence-electron chi connectivity index (χ3n) is 2.18. The van der Waals surface area contributed by atoms with Crippen molar-refractivity contribution < 1.29 is 4.79 Å². The van der Waals surface area contributed by atoms with Gasteiger partial charge in [-0.2, -0.15) is 0 Å². The molecule has 1 heterocycles. The smallest absolute Gasteiger partial charge is 0.241 e. The van der Waals surface area contributed by atoms with Crippen LogP contribution in [0.4, 0.5) is 5.95 Å². The summed E-state index contributed by atoms with van der Waals surface area (Å²) in [6.45, 7) is 0. The number of carbonyl (C=O) groups is 1. The average Bonchev–Trinajstić information content (AvgIpc) is 2.39. The summed E-state index contributed by atoms with van der Waals surface area (Å²) in [5.74, 6) is -0.286. The van der Waals surface area contributed by atoms with Gasteiger partial charge in [-0.3, -0.25) is 10.1 Å². The van der Waals surface area contributed by atoms with Gasteiger partial charge in [-0.1, -0.05) is 29.8 Å². The van der Waals surface area contributed by atoms with Gasteiger partial charge in [0.25, 0.3) is 0 Å². The maximum Gasteiger partial charge on any atom is 0.241 e. The average molecular weight is 282 g/mol. The summed E-state index contributed by atoms with van der Waals surface area (Å²) in [7, 11) is 0. The second-order valence-corrected chi connectivity index (χ2v) is 4.10. The molecule has 0 saturated carbocycles. The first kappa shape index (κ1) is 12.8. The van der Waals surface area contributed by atoms with Crippen LogP contribution in [0.3, 0.4) is 0 Å². The van der Waals surface area contributed by atoms with Gasteiger partial charge in [-0.05, 0) is 12.1 Å². The molecule has 18 heavy (non-hydrogen) atoms. The SMILES string of the molecule is O=C(CCl)Nc1nccc(-c2ccccc2Cl)n1. The Labute approximate surface area is 114 Å². The van der Waals surface area contributed by atoms with Crippen molar-refractivity contribution in [1.82, 2.24) is 9.97 Å². The van der Waals surface area contributed by atoms with Gasteiger partial charge in [0.1, 0.15) is 5.88 Å². The predicted octanol–water partition coefficient (Wildman–Crippen LogP) is 2.97. The Morgan fingerprint density at radius 2 is 2.06 bits per heavy atom. The molecule has 1 amide bonds. The molecule has 4 nitrogen and oxygen atoms in total. The topological polar surface area (TPSA) is 54.9 Å². The molecule has 0 radical (unpaired) electrons. The molecule has 2 rings (SSSR count). The van der Waals surface area contributed by atoms with E-state index in [-0.39, 0.29) is 17.7 Å². The van der Waals surface area contributed by atoms with E-state index < -0.39 is 0 Å². The highest BCUT2D eigenvalue weighted by Gasteiger charge is 2.07. The molecule has 2 aromatic rings. The van der Waals surface area contributed by atoms with Crippen molar-refractivity contribution in [2.45, 2.75) is 0 Å². The van der Waals surface area contributed by atoms with Crippen LogP contribution in [0.2, 0.25) is 5.02 Å². The van der Waals surface area contributed by atoms with Crippen LogP contribution in [0.15, 0.2) is 36.5 Å². The fraction of sp³-hybridized carbons (Fsp3) is 0.0833. The number of benzene rings is 1. The van der Waals surface area contributed by atoms with Crippen LogP contribution in [-0.2, 0) is 4.79 Å². The molecule has 6 heteroatoms. The van der Waals surface area contributed by atoms with Crippen molar-refractivity contribution in [2.24, 2.45) is 0 Å². The molecular weight excluding hydrogens is 273 g/mol. The molecule has 0 aliphatic heterocycles. The zero-order valence-electron chi connectivity index (χ0n) is 9.23. The van der Waals surface area contributed by atoms with Crippen molar-refractivity contribution in [1.29, 1.82) is 0 Å². The molecule has 0 atom stereocenters. The van der Waals surface area contributed by atoms with Gasteiger partial charge >= 0.3 is 0 Å². The minimum absolute atomic E-state index is 0.139. The quantitative estimate of drug-likeness (QED) is 0.880. The summed E-state index contributed by atoms with van der Waals surface area (Å²) in [6.07, 6.45) is 1.55. The molecule has 0 bridgehead atoms. The summed E-state index contributed by atoms with van der Waals surface area (Å²) < 4.78 is 0. The Bertz CT molecular complexity index is 575. The largest absolute Gasteiger partial charge is 0.293 e. The van der Waals surface area contributed by atoms with Crippen LogP contribution < -0.4 is 5.32 Å². The second kappa shape index (κ2) is 5.80. The molecule has 0 spiro atoms.